The molecule has 1 aromatic heterocycles. The SMILES string of the molecule is Cn1ncc(C#N)c1NC(=O)CC1CCCCO1. The van der Waals surface area contributed by atoms with Crippen molar-refractivity contribution in [2.75, 3.05) is 11.9 Å². The highest BCUT2D eigenvalue weighted by molar-refractivity contribution is 5.91. The predicted octanol–water partition coefficient (Wildman–Crippen LogP) is 1.19. The maximum atomic E-state index is 11.9. The van der Waals surface area contributed by atoms with Crippen LogP contribution in [0.3, 0.4) is 0 Å². The van der Waals surface area contributed by atoms with Crippen molar-refractivity contribution in [1.82, 2.24) is 9.78 Å². The quantitative estimate of drug-likeness (QED) is 0.871. The van der Waals surface area contributed by atoms with E-state index in [1.807, 2.05) is 6.07 Å². The highest BCUT2D eigenvalue weighted by atomic mass is 16.5. The number of nitrogens with zero attached hydrogens (tertiary/aromatic N) is 3. The first kappa shape index (κ1) is 12.6. The zero-order chi connectivity index (χ0) is 13.0. The summed E-state index contributed by atoms with van der Waals surface area (Å²) in [5.74, 6) is 0.306. The normalized spacial score (nSPS) is 19.2. The maximum absolute atomic E-state index is 11.9. The van der Waals surface area contributed by atoms with Gasteiger partial charge in [0.15, 0.2) is 0 Å². The van der Waals surface area contributed by atoms with E-state index in [1.54, 1.807) is 7.05 Å². The van der Waals surface area contributed by atoms with Crippen LogP contribution < -0.4 is 5.32 Å². The minimum Gasteiger partial charge on any atom is -0.378 e. The fourth-order valence-electron chi connectivity index (χ4n) is 2.03. The molecule has 1 aliphatic heterocycles. The van der Waals surface area contributed by atoms with Crippen molar-refractivity contribution in [2.24, 2.45) is 7.05 Å². The molecule has 2 heterocycles. The molecule has 1 atom stereocenters. The highest BCUT2D eigenvalue weighted by Gasteiger charge is 2.19. The number of aromatic nitrogens is 2. The molecule has 0 aromatic carbocycles. The molecular weight excluding hydrogens is 232 g/mol. The van der Waals surface area contributed by atoms with Crippen LogP contribution in [0.15, 0.2) is 6.20 Å². The molecule has 1 unspecified atom stereocenters. The van der Waals surface area contributed by atoms with Crippen LogP contribution in [0, 0.1) is 11.3 Å². The summed E-state index contributed by atoms with van der Waals surface area (Å²) in [5.41, 5.74) is 0.371. The Balaban J connectivity index is 1.94. The lowest BCUT2D eigenvalue weighted by molar-refractivity contribution is -0.119. The Morgan fingerprint density at radius 2 is 2.56 bits per heavy atom. The molecular formula is C12H16N4O2. The smallest absolute Gasteiger partial charge is 0.228 e. The standard InChI is InChI=1S/C12H16N4O2/c1-16-12(9(7-13)8-14-16)15-11(17)6-10-4-2-3-5-18-10/h8,10H,2-6H2,1H3,(H,15,17). The van der Waals surface area contributed by atoms with E-state index in [1.165, 1.54) is 10.9 Å². The molecule has 1 saturated heterocycles. The van der Waals surface area contributed by atoms with Gasteiger partial charge in [0, 0.05) is 13.7 Å². The summed E-state index contributed by atoms with van der Waals surface area (Å²) < 4.78 is 6.99. The number of amides is 1. The van der Waals surface area contributed by atoms with E-state index in [0.29, 0.717) is 17.8 Å². The number of carbonyl (C=O) groups is 1. The molecule has 0 aliphatic carbocycles. The molecule has 18 heavy (non-hydrogen) atoms. The van der Waals surface area contributed by atoms with E-state index < -0.39 is 0 Å². The van der Waals surface area contributed by atoms with Crippen LogP contribution in [-0.2, 0) is 16.6 Å². The van der Waals surface area contributed by atoms with Crippen molar-refractivity contribution in [1.29, 1.82) is 5.26 Å². The first-order valence-corrected chi connectivity index (χ1v) is 6.04. The Bertz CT molecular complexity index is 469. The number of rotatable bonds is 3. The van der Waals surface area contributed by atoms with Crippen molar-refractivity contribution in [2.45, 2.75) is 31.8 Å². The summed E-state index contributed by atoms with van der Waals surface area (Å²) in [6, 6.07) is 2.00. The summed E-state index contributed by atoms with van der Waals surface area (Å²) in [6.07, 6.45) is 4.86. The first-order valence-electron chi connectivity index (χ1n) is 6.04. The van der Waals surface area contributed by atoms with Gasteiger partial charge in [-0.05, 0) is 19.3 Å². The number of carbonyl (C=O) groups excluding carboxylic acids is 1. The summed E-state index contributed by atoms with van der Waals surface area (Å²) in [6.45, 7) is 0.729. The van der Waals surface area contributed by atoms with Crippen LogP contribution in [0.2, 0.25) is 0 Å². The molecule has 0 spiro atoms. The monoisotopic (exact) mass is 248 g/mol. The van der Waals surface area contributed by atoms with Gasteiger partial charge in [-0.25, -0.2) is 0 Å². The zero-order valence-corrected chi connectivity index (χ0v) is 10.3. The van der Waals surface area contributed by atoms with Crippen LogP contribution in [0.4, 0.5) is 5.82 Å². The predicted molar refractivity (Wildman–Crippen MR) is 64.8 cm³/mol. The largest absolute Gasteiger partial charge is 0.378 e. The fraction of sp³-hybridized carbons (Fsp3) is 0.583. The third-order valence-corrected chi connectivity index (χ3v) is 3.00. The van der Waals surface area contributed by atoms with E-state index in [9.17, 15) is 4.79 Å². The van der Waals surface area contributed by atoms with Gasteiger partial charge in [-0.2, -0.15) is 10.4 Å². The lowest BCUT2D eigenvalue weighted by atomic mass is 10.1. The average Bonchev–Trinajstić information content (AvgIpc) is 2.72. The fourth-order valence-corrected chi connectivity index (χ4v) is 2.03. The number of hydrogen-bond donors (Lipinski definition) is 1. The van der Waals surface area contributed by atoms with Crippen molar-refractivity contribution >= 4 is 11.7 Å². The highest BCUT2D eigenvalue weighted by Crippen LogP contribution is 2.17. The van der Waals surface area contributed by atoms with Crippen LogP contribution >= 0.6 is 0 Å². The topological polar surface area (TPSA) is 79.9 Å². The van der Waals surface area contributed by atoms with Gasteiger partial charge < -0.3 is 10.1 Å². The van der Waals surface area contributed by atoms with Crippen molar-refractivity contribution < 1.29 is 9.53 Å². The second-order valence-corrected chi connectivity index (χ2v) is 4.38. The average molecular weight is 248 g/mol. The summed E-state index contributed by atoms with van der Waals surface area (Å²) in [4.78, 5) is 11.9. The van der Waals surface area contributed by atoms with Crippen LogP contribution in [0.1, 0.15) is 31.2 Å². The summed E-state index contributed by atoms with van der Waals surface area (Å²) in [5, 5.41) is 15.5. The van der Waals surface area contributed by atoms with E-state index in [-0.39, 0.29) is 12.0 Å². The Hall–Kier alpha value is -1.87. The van der Waals surface area contributed by atoms with E-state index in [2.05, 4.69) is 10.4 Å². The third-order valence-electron chi connectivity index (χ3n) is 3.00. The van der Waals surface area contributed by atoms with E-state index >= 15 is 0 Å². The number of anilines is 1. The van der Waals surface area contributed by atoms with Gasteiger partial charge in [0.2, 0.25) is 5.91 Å². The van der Waals surface area contributed by atoms with Crippen molar-refractivity contribution in [3.63, 3.8) is 0 Å². The Morgan fingerprint density at radius 3 is 3.22 bits per heavy atom. The second kappa shape index (κ2) is 5.65. The van der Waals surface area contributed by atoms with Gasteiger partial charge in [-0.15, -0.1) is 0 Å². The number of nitrogens with one attached hydrogen (secondary N) is 1. The van der Waals surface area contributed by atoms with Crippen molar-refractivity contribution in [3.8, 4) is 6.07 Å². The third kappa shape index (κ3) is 2.87. The lowest BCUT2D eigenvalue weighted by Gasteiger charge is -2.21. The maximum Gasteiger partial charge on any atom is 0.228 e. The lowest BCUT2D eigenvalue weighted by Crippen LogP contribution is -2.26. The molecule has 1 fully saturated rings. The van der Waals surface area contributed by atoms with Crippen LogP contribution in [0.25, 0.3) is 0 Å². The molecule has 1 aromatic rings. The number of nitriles is 1. The second-order valence-electron chi connectivity index (χ2n) is 4.38. The van der Waals surface area contributed by atoms with Gasteiger partial charge in [0.25, 0.3) is 0 Å². The van der Waals surface area contributed by atoms with Gasteiger partial charge in [0.05, 0.1) is 18.7 Å². The van der Waals surface area contributed by atoms with E-state index in [4.69, 9.17) is 10.00 Å². The van der Waals surface area contributed by atoms with Gasteiger partial charge in [-0.1, -0.05) is 0 Å². The molecule has 6 nitrogen and oxygen atoms in total. The Labute approximate surface area is 106 Å². The summed E-state index contributed by atoms with van der Waals surface area (Å²) >= 11 is 0. The van der Waals surface area contributed by atoms with Gasteiger partial charge in [0.1, 0.15) is 17.5 Å². The van der Waals surface area contributed by atoms with Crippen LogP contribution in [0.5, 0.6) is 0 Å². The van der Waals surface area contributed by atoms with Crippen molar-refractivity contribution in [3.05, 3.63) is 11.8 Å². The summed E-state index contributed by atoms with van der Waals surface area (Å²) in [7, 11) is 1.69. The Kier molecular flexibility index (Phi) is 3.95. The molecule has 96 valence electrons. The Morgan fingerprint density at radius 1 is 1.72 bits per heavy atom. The first-order chi connectivity index (χ1) is 8.70. The number of aryl methyl sites for hydroxylation is 1. The molecule has 0 radical (unpaired) electrons. The zero-order valence-electron chi connectivity index (χ0n) is 10.3. The molecule has 0 saturated carbocycles. The molecule has 1 N–H and O–H groups in total. The number of hydrogen-bond acceptors (Lipinski definition) is 4. The molecule has 0 bridgehead atoms. The van der Waals surface area contributed by atoms with E-state index in [0.717, 1.165) is 25.9 Å². The number of ether oxygens (including phenoxy) is 1. The molecule has 2 rings (SSSR count). The van der Waals surface area contributed by atoms with Crippen LogP contribution in [-0.4, -0.2) is 28.4 Å². The molecule has 1 aliphatic rings. The minimum absolute atomic E-state index is 0.00230. The molecule has 1 amide bonds. The molecule has 6 heteroatoms. The van der Waals surface area contributed by atoms with Gasteiger partial charge in [-0.3, -0.25) is 9.48 Å². The van der Waals surface area contributed by atoms with Gasteiger partial charge >= 0.3 is 0 Å². The minimum atomic E-state index is -0.137.